The first-order chi connectivity index (χ1) is 24.1. The third-order valence-corrected chi connectivity index (χ3v) is 9.98. The molecular formula is C41H41N2O6S+. The van der Waals surface area contributed by atoms with E-state index in [1.54, 1.807) is 18.2 Å². The van der Waals surface area contributed by atoms with E-state index in [-0.39, 0.29) is 17.9 Å². The zero-order chi connectivity index (χ0) is 35.4. The number of anilines is 2. The molecule has 0 atom stereocenters. The van der Waals surface area contributed by atoms with Crippen molar-refractivity contribution < 1.29 is 27.3 Å². The van der Waals surface area contributed by atoms with E-state index in [0.29, 0.717) is 33.4 Å². The minimum Gasteiger partial charge on any atom is -0.481 e. The fraction of sp³-hybridized carbons (Fsp3) is 0.220. The lowest BCUT2D eigenvalue weighted by molar-refractivity contribution is -0.136. The van der Waals surface area contributed by atoms with E-state index in [9.17, 15) is 22.9 Å². The van der Waals surface area contributed by atoms with Gasteiger partial charge in [0.1, 0.15) is 22.8 Å². The van der Waals surface area contributed by atoms with Gasteiger partial charge in [-0.25, -0.2) is 0 Å². The second kappa shape index (κ2) is 14.7. The van der Waals surface area contributed by atoms with Crippen LogP contribution in [-0.4, -0.2) is 37.1 Å². The number of benzene rings is 5. The van der Waals surface area contributed by atoms with Crippen molar-refractivity contribution in [2.24, 2.45) is 0 Å². The van der Waals surface area contributed by atoms with Gasteiger partial charge in [-0.1, -0.05) is 75.4 Å². The van der Waals surface area contributed by atoms with Gasteiger partial charge in [0.2, 0.25) is 11.0 Å². The zero-order valence-electron chi connectivity index (χ0n) is 28.5. The maximum Gasteiger partial charge on any atom is 0.305 e. The van der Waals surface area contributed by atoms with Gasteiger partial charge >= 0.3 is 5.97 Å². The first-order valence-electron chi connectivity index (χ1n) is 17.0. The third-order valence-electron chi connectivity index (χ3n) is 9.07. The Balaban J connectivity index is 1.69. The van der Waals surface area contributed by atoms with Crippen molar-refractivity contribution >= 4 is 44.1 Å². The first-order valence-corrected chi connectivity index (χ1v) is 18.4. The second-order valence-electron chi connectivity index (χ2n) is 12.2. The molecule has 6 rings (SSSR count). The number of nitrogens with zero attached hydrogens (tertiary/aromatic N) is 2. The van der Waals surface area contributed by atoms with E-state index in [1.807, 2.05) is 77.7 Å². The van der Waals surface area contributed by atoms with Crippen LogP contribution in [0.25, 0.3) is 33.4 Å². The summed E-state index contributed by atoms with van der Waals surface area (Å²) in [6, 6.07) is 34.3. The maximum absolute atomic E-state index is 12.7. The predicted octanol–water partition coefficient (Wildman–Crippen LogP) is 8.70. The molecule has 0 radical (unpaired) electrons. The molecule has 0 saturated carbocycles. The molecule has 4 aromatic rings. The van der Waals surface area contributed by atoms with Gasteiger partial charge in [0.25, 0.3) is 10.1 Å². The molecule has 256 valence electrons. The van der Waals surface area contributed by atoms with Gasteiger partial charge in [0, 0.05) is 70.2 Å². The summed E-state index contributed by atoms with van der Waals surface area (Å²) in [5.74, 6) is -0.369. The first kappa shape index (κ1) is 34.6. The van der Waals surface area contributed by atoms with Crippen LogP contribution in [0.15, 0.2) is 119 Å². The maximum atomic E-state index is 12.7. The average Bonchev–Trinajstić information content (AvgIpc) is 3.12. The van der Waals surface area contributed by atoms with E-state index in [2.05, 4.69) is 37.5 Å². The Bertz CT molecular complexity index is 2340. The van der Waals surface area contributed by atoms with E-state index >= 15 is 0 Å². The Kier molecular flexibility index (Phi) is 10.2. The molecule has 0 unspecified atom stereocenters. The van der Waals surface area contributed by atoms with Crippen LogP contribution in [0.1, 0.15) is 44.7 Å². The van der Waals surface area contributed by atoms with Gasteiger partial charge in [-0.3, -0.25) is 9.35 Å². The average molecular weight is 690 g/mol. The highest BCUT2D eigenvalue weighted by Gasteiger charge is 2.25. The minimum atomic E-state index is -4.58. The quantitative estimate of drug-likeness (QED) is 0.0751. The van der Waals surface area contributed by atoms with Crippen molar-refractivity contribution in [2.75, 3.05) is 18.0 Å². The number of fused-ring (bicyclic) bond motifs is 2. The zero-order valence-corrected chi connectivity index (χ0v) is 29.3. The molecule has 9 heteroatoms. The number of carboxylic acids is 1. The number of carbonyl (C=O) groups is 1. The fourth-order valence-electron chi connectivity index (χ4n) is 6.75. The van der Waals surface area contributed by atoms with Crippen LogP contribution in [0.5, 0.6) is 0 Å². The summed E-state index contributed by atoms with van der Waals surface area (Å²) < 4.78 is 44.7. The Labute approximate surface area is 292 Å². The molecule has 0 amide bonds. The van der Waals surface area contributed by atoms with E-state index in [1.165, 1.54) is 11.6 Å². The van der Waals surface area contributed by atoms with Gasteiger partial charge < -0.3 is 14.4 Å². The summed E-state index contributed by atoms with van der Waals surface area (Å²) in [7, 11) is -4.58. The number of hydrogen-bond acceptors (Lipinski definition) is 5. The van der Waals surface area contributed by atoms with Crippen LogP contribution in [0.4, 0.5) is 17.1 Å². The highest BCUT2D eigenvalue weighted by Crippen LogP contribution is 2.43. The Morgan fingerprint density at radius 3 is 2.22 bits per heavy atom. The molecule has 2 N–H and O–H groups in total. The van der Waals surface area contributed by atoms with Crippen LogP contribution in [0.3, 0.4) is 0 Å². The van der Waals surface area contributed by atoms with Crippen molar-refractivity contribution in [3.8, 4) is 22.5 Å². The number of aryl methyl sites for hydroxylation is 2. The molecule has 1 heterocycles. The van der Waals surface area contributed by atoms with Gasteiger partial charge in [-0.15, -0.1) is 0 Å². The van der Waals surface area contributed by atoms with Crippen molar-refractivity contribution in [1.29, 1.82) is 0 Å². The monoisotopic (exact) mass is 689 g/mol. The van der Waals surface area contributed by atoms with Crippen LogP contribution < -0.4 is 14.8 Å². The van der Waals surface area contributed by atoms with Crippen molar-refractivity contribution in [2.45, 2.75) is 51.3 Å². The lowest BCUT2D eigenvalue weighted by Crippen LogP contribution is -2.27. The molecule has 0 saturated heterocycles. The summed E-state index contributed by atoms with van der Waals surface area (Å²) in [6.45, 7) is 7.34. The highest BCUT2D eigenvalue weighted by molar-refractivity contribution is 7.86. The summed E-state index contributed by atoms with van der Waals surface area (Å²) in [5, 5.41) is 11.2. The van der Waals surface area contributed by atoms with Crippen LogP contribution in [0, 0.1) is 0 Å². The Morgan fingerprint density at radius 1 is 0.800 bits per heavy atom. The standard InChI is InChI=1S/C41H40N2O6S/c1-4-24-42(35-16-10-7-13-28(35)5-2)30-19-21-32-37(26-30)49-38-27-31(43(25-23-40(44)45)36-17-11-8-14-29(36)6-3)20-22-33(38)41(32)34-15-9-12-18-39(34)50(46,47)48/h7-22,26-27H,4-6,23-25H2,1-3H3,(H-,44,45,46,47,48)/p+1. The highest BCUT2D eigenvalue weighted by atomic mass is 32.2. The lowest BCUT2D eigenvalue weighted by Gasteiger charge is -2.27. The SMILES string of the molecule is CCC[N+](c1ccccc1CC)=c1ccc2c(-c3ccccc3S(=O)(=O)O)c3ccc(N(CCC(=O)O)c4ccccc4CC)cc3oc-2c1. The van der Waals surface area contributed by atoms with Crippen molar-refractivity contribution in [3.63, 3.8) is 0 Å². The topological polar surface area (TPSA) is 111 Å². The van der Waals surface area contributed by atoms with E-state index < -0.39 is 16.1 Å². The summed E-state index contributed by atoms with van der Waals surface area (Å²) in [5.41, 5.74) is 7.17. The molecule has 2 aliphatic rings. The van der Waals surface area contributed by atoms with Gasteiger partial charge in [0.05, 0.1) is 12.5 Å². The van der Waals surface area contributed by atoms with E-state index in [0.717, 1.165) is 53.8 Å². The molecule has 0 bridgehead atoms. The lowest BCUT2D eigenvalue weighted by atomic mass is 9.93. The molecule has 50 heavy (non-hydrogen) atoms. The minimum absolute atomic E-state index is 0.0756. The molecule has 1 aliphatic carbocycles. The Hall–Kier alpha value is -5.25. The predicted molar refractivity (Wildman–Crippen MR) is 199 cm³/mol. The number of carboxylic acid groups (broad SMARTS) is 1. The number of rotatable bonds is 12. The summed E-state index contributed by atoms with van der Waals surface area (Å²) in [6.07, 6.45) is 2.47. The molecule has 1 aliphatic heterocycles. The summed E-state index contributed by atoms with van der Waals surface area (Å²) in [4.78, 5) is 13.5. The van der Waals surface area contributed by atoms with E-state index in [4.69, 9.17) is 4.42 Å². The smallest absolute Gasteiger partial charge is 0.305 e. The molecule has 0 aromatic heterocycles. The molecule has 0 spiro atoms. The fourth-order valence-corrected chi connectivity index (χ4v) is 7.44. The van der Waals surface area contributed by atoms with Crippen LogP contribution in [-0.2, 0) is 27.8 Å². The van der Waals surface area contributed by atoms with Crippen molar-refractivity contribution in [1.82, 2.24) is 4.58 Å². The molecular weight excluding hydrogens is 649 g/mol. The normalized spacial score (nSPS) is 12.3. The number of hydrogen-bond donors (Lipinski definition) is 2. The molecule has 8 nitrogen and oxygen atoms in total. The van der Waals surface area contributed by atoms with Gasteiger partial charge in [-0.05, 0) is 48.7 Å². The van der Waals surface area contributed by atoms with Crippen LogP contribution >= 0.6 is 0 Å². The second-order valence-corrected chi connectivity index (χ2v) is 13.6. The molecule has 4 aromatic carbocycles. The Morgan fingerprint density at radius 2 is 1.50 bits per heavy atom. The third kappa shape index (κ3) is 6.92. The van der Waals surface area contributed by atoms with Gasteiger partial charge in [-0.2, -0.15) is 13.0 Å². The summed E-state index contributed by atoms with van der Waals surface area (Å²) >= 11 is 0. The van der Waals surface area contributed by atoms with Crippen LogP contribution in [0.2, 0.25) is 0 Å². The largest absolute Gasteiger partial charge is 0.481 e. The van der Waals surface area contributed by atoms with Crippen molar-refractivity contribution in [3.05, 3.63) is 126 Å². The number of para-hydroxylation sites is 2. The number of aliphatic carboxylic acids is 1. The van der Waals surface area contributed by atoms with Gasteiger partial charge in [0.15, 0.2) is 0 Å². The molecule has 0 fully saturated rings.